The van der Waals surface area contributed by atoms with Crippen LogP contribution in [0.1, 0.15) is 30.4 Å². The number of nitrogens with zero attached hydrogens (tertiary/aromatic N) is 7. The third-order valence-corrected chi connectivity index (χ3v) is 4.27. The maximum absolute atomic E-state index is 11.8. The highest BCUT2D eigenvalue weighted by molar-refractivity contribution is 5.82. The molecule has 3 heterocycles. The highest BCUT2D eigenvalue weighted by atomic mass is 16.5. The Morgan fingerprint density at radius 1 is 1.15 bits per heavy atom. The molecule has 0 aliphatic rings. The van der Waals surface area contributed by atoms with Gasteiger partial charge < -0.3 is 4.74 Å². The zero-order chi connectivity index (χ0) is 19.0. The molecule has 0 unspecified atom stereocenters. The number of ether oxygens (including phenoxy) is 1. The van der Waals surface area contributed by atoms with E-state index in [9.17, 15) is 4.79 Å². The van der Waals surface area contributed by atoms with Gasteiger partial charge in [-0.15, -0.1) is 15.3 Å². The predicted molar refractivity (Wildman–Crippen MR) is 97.7 cm³/mol. The van der Waals surface area contributed by atoms with Crippen molar-refractivity contribution >= 4 is 22.9 Å². The number of rotatable bonds is 5. The highest BCUT2D eigenvalue weighted by Crippen LogP contribution is 2.21. The number of carbonyl (C=O) groups excluding carboxylic acids is 1. The summed E-state index contributed by atoms with van der Waals surface area (Å²) in [6.07, 6.45) is 1.68. The van der Waals surface area contributed by atoms with Crippen molar-refractivity contribution in [2.45, 2.75) is 33.1 Å². The molecule has 3 aromatic heterocycles. The molecule has 1 aromatic carbocycles. The molecule has 138 valence electrons. The second-order valence-corrected chi connectivity index (χ2v) is 6.31. The van der Waals surface area contributed by atoms with Crippen LogP contribution in [0.3, 0.4) is 0 Å². The summed E-state index contributed by atoms with van der Waals surface area (Å²) < 4.78 is 8.15. The number of benzene rings is 1. The topological polar surface area (TPSA) is 100 Å². The summed E-state index contributed by atoms with van der Waals surface area (Å²) in [6.45, 7) is 4.09. The largest absolute Gasteiger partial charge is 0.469 e. The predicted octanol–water partition coefficient (Wildman–Crippen LogP) is 1.83. The lowest BCUT2D eigenvalue weighted by molar-refractivity contribution is -0.139. The third kappa shape index (κ3) is 3.01. The Morgan fingerprint density at radius 2 is 1.93 bits per heavy atom. The Balaban J connectivity index is 1.99. The standard InChI is InChI=1S/C18H19N7O2/c1-4-5-14-19-18-21-20-16-13(10-15(26)27-3)22-24(17(16)25(18)23-14)12-8-6-11(2)7-9-12/h6-9H,4-5,10H2,1-3H3. The minimum Gasteiger partial charge on any atom is -0.469 e. The van der Waals surface area contributed by atoms with Gasteiger partial charge in [-0.05, 0) is 25.5 Å². The molecule has 0 N–H and O–H groups in total. The summed E-state index contributed by atoms with van der Waals surface area (Å²) in [5.74, 6) is 0.715. The number of aromatic nitrogens is 7. The van der Waals surface area contributed by atoms with Crippen molar-refractivity contribution in [3.63, 3.8) is 0 Å². The molecule has 0 saturated heterocycles. The molecule has 0 amide bonds. The van der Waals surface area contributed by atoms with Gasteiger partial charge >= 0.3 is 5.97 Å². The molecule has 0 radical (unpaired) electrons. The Hall–Kier alpha value is -3.36. The smallest absolute Gasteiger partial charge is 0.311 e. The number of methoxy groups -OCH3 is 1. The summed E-state index contributed by atoms with van der Waals surface area (Å²) in [5.41, 5.74) is 3.59. The van der Waals surface area contributed by atoms with Crippen molar-refractivity contribution in [1.29, 1.82) is 0 Å². The Labute approximate surface area is 155 Å². The molecule has 0 aliphatic heterocycles. The minimum atomic E-state index is -0.391. The highest BCUT2D eigenvalue weighted by Gasteiger charge is 2.21. The second-order valence-electron chi connectivity index (χ2n) is 6.31. The zero-order valence-electron chi connectivity index (χ0n) is 15.4. The van der Waals surface area contributed by atoms with Crippen LogP contribution in [0, 0.1) is 6.92 Å². The first-order chi connectivity index (χ1) is 13.1. The number of aryl methyl sites for hydroxylation is 2. The number of fused-ring (bicyclic) bond motifs is 3. The summed E-state index contributed by atoms with van der Waals surface area (Å²) >= 11 is 0. The molecule has 0 atom stereocenters. The van der Waals surface area contributed by atoms with Crippen LogP contribution in [0.15, 0.2) is 24.3 Å². The van der Waals surface area contributed by atoms with Gasteiger partial charge in [0.2, 0.25) is 0 Å². The van der Waals surface area contributed by atoms with Crippen molar-refractivity contribution in [3.8, 4) is 5.69 Å². The van der Waals surface area contributed by atoms with E-state index in [1.807, 2.05) is 31.2 Å². The van der Waals surface area contributed by atoms with E-state index in [1.54, 1.807) is 9.20 Å². The monoisotopic (exact) mass is 365 g/mol. The molecule has 0 spiro atoms. The van der Waals surface area contributed by atoms with Gasteiger partial charge in [-0.1, -0.05) is 24.6 Å². The second kappa shape index (κ2) is 6.75. The first kappa shape index (κ1) is 17.1. The molecular weight excluding hydrogens is 346 g/mol. The van der Waals surface area contributed by atoms with Gasteiger partial charge in [0.15, 0.2) is 17.0 Å². The average molecular weight is 365 g/mol. The molecule has 9 heteroatoms. The lowest BCUT2D eigenvalue weighted by Crippen LogP contribution is -2.06. The normalized spacial score (nSPS) is 11.4. The molecule has 4 aromatic rings. The van der Waals surface area contributed by atoms with Gasteiger partial charge in [0, 0.05) is 6.42 Å². The molecule has 0 fully saturated rings. The fourth-order valence-corrected chi connectivity index (χ4v) is 2.91. The number of carbonyl (C=O) groups is 1. The van der Waals surface area contributed by atoms with Crippen LogP contribution in [0.5, 0.6) is 0 Å². The summed E-state index contributed by atoms with van der Waals surface area (Å²) in [4.78, 5) is 16.2. The molecule has 4 rings (SSSR count). The van der Waals surface area contributed by atoms with Gasteiger partial charge in [-0.3, -0.25) is 4.79 Å². The van der Waals surface area contributed by atoms with Crippen LogP contribution in [-0.4, -0.2) is 47.7 Å². The first-order valence-electron chi connectivity index (χ1n) is 8.74. The van der Waals surface area contributed by atoms with Gasteiger partial charge in [0.25, 0.3) is 5.78 Å². The Bertz CT molecular complexity index is 1130. The van der Waals surface area contributed by atoms with Gasteiger partial charge in [-0.25, -0.2) is 4.68 Å². The van der Waals surface area contributed by atoms with Gasteiger partial charge in [0.1, 0.15) is 5.69 Å². The summed E-state index contributed by atoms with van der Waals surface area (Å²) in [7, 11) is 1.35. The van der Waals surface area contributed by atoms with E-state index in [0.29, 0.717) is 28.5 Å². The maximum atomic E-state index is 11.8. The lowest BCUT2D eigenvalue weighted by atomic mass is 10.2. The minimum absolute atomic E-state index is 0.00254. The van der Waals surface area contributed by atoms with E-state index in [4.69, 9.17) is 4.74 Å². The number of hydrogen-bond acceptors (Lipinski definition) is 7. The van der Waals surface area contributed by atoms with E-state index in [1.165, 1.54) is 7.11 Å². The lowest BCUT2D eigenvalue weighted by Gasteiger charge is -2.04. The van der Waals surface area contributed by atoms with Gasteiger partial charge in [-0.2, -0.15) is 14.6 Å². The van der Waals surface area contributed by atoms with Crippen LogP contribution in [0.4, 0.5) is 0 Å². The fourth-order valence-electron chi connectivity index (χ4n) is 2.91. The first-order valence-corrected chi connectivity index (χ1v) is 8.74. The molecule has 0 bridgehead atoms. The van der Waals surface area contributed by atoms with Crippen LogP contribution >= 0.6 is 0 Å². The zero-order valence-corrected chi connectivity index (χ0v) is 15.4. The molecule has 0 aliphatic carbocycles. The fraction of sp³-hybridized carbons (Fsp3) is 0.333. The van der Waals surface area contributed by atoms with Crippen molar-refractivity contribution in [3.05, 3.63) is 41.3 Å². The Morgan fingerprint density at radius 3 is 2.63 bits per heavy atom. The molecular formula is C18H19N7O2. The molecule has 0 saturated carbocycles. The van der Waals surface area contributed by atoms with Crippen molar-refractivity contribution in [2.24, 2.45) is 0 Å². The van der Waals surface area contributed by atoms with Crippen molar-refractivity contribution in [2.75, 3.05) is 7.11 Å². The summed E-state index contributed by atoms with van der Waals surface area (Å²) in [6, 6.07) is 7.91. The van der Waals surface area contributed by atoms with Crippen LogP contribution in [0.25, 0.3) is 22.6 Å². The van der Waals surface area contributed by atoms with Crippen LogP contribution in [0.2, 0.25) is 0 Å². The molecule has 9 nitrogen and oxygen atoms in total. The quantitative estimate of drug-likeness (QED) is 0.497. The average Bonchev–Trinajstić information content (AvgIpc) is 3.23. The van der Waals surface area contributed by atoms with Crippen molar-refractivity contribution < 1.29 is 9.53 Å². The molecule has 27 heavy (non-hydrogen) atoms. The number of esters is 1. The van der Waals surface area contributed by atoms with Crippen molar-refractivity contribution in [1.82, 2.24) is 34.6 Å². The van der Waals surface area contributed by atoms with E-state index in [-0.39, 0.29) is 6.42 Å². The SMILES string of the molecule is CCCc1nc2nnc3c(CC(=O)OC)nn(-c4ccc(C)cc4)c3n2n1. The van der Waals surface area contributed by atoms with E-state index < -0.39 is 5.97 Å². The van der Waals surface area contributed by atoms with E-state index in [0.717, 1.165) is 24.1 Å². The maximum Gasteiger partial charge on any atom is 0.311 e. The summed E-state index contributed by atoms with van der Waals surface area (Å²) in [5, 5.41) is 17.6. The van der Waals surface area contributed by atoms with E-state index >= 15 is 0 Å². The Kier molecular flexibility index (Phi) is 4.27. The third-order valence-electron chi connectivity index (χ3n) is 4.27. The number of hydrogen-bond donors (Lipinski definition) is 0. The van der Waals surface area contributed by atoms with Crippen LogP contribution in [-0.2, 0) is 22.4 Å². The van der Waals surface area contributed by atoms with Crippen LogP contribution < -0.4 is 0 Å². The van der Waals surface area contributed by atoms with E-state index in [2.05, 4.69) is 32.3 Å². The van der Waals surface area contributed by atoms with Gasteiger partial charge in [0.05, 0.1) is 19.2 Å².